The third kappa shape index (κ3) is 4.27. The van der Waals surface area contributed by atoms with E-state index in [1.54, 1.807) is 12.0 Å². The number of carbonyl (C=O) groups is 1. The molecule has 2 aromatic rings. The highest BCUT2D eigenvalue weighted by Gasteiger charge is 2.32. The molecule has 2 amide bonds. The first-order valence-electron chi connectivity index (χ1n) is 8.31. The number of benzene rings is 1. The number of methoxy groups -OCH3 is 1. The lowest BCUT2D eigenvalue weighted by Gasteiger charge is -2.38. The Balaban J connectivity index is 1.49. The maximum Gasteiger partial charge on any atom is 0.317 e. The summed E-state index contributed by atoms with van der Waals surface area (Å²) in [6, 6.07) is 7.45. The minimum absolute atomic E-state index is 0.0247. The largest absolute Gasteiger partial charge is 0.487 e. The van der Waals surface area contributed by atoms with E-state index in [4.69, 9.17) is 14.0 Å². The van der Waals surface area contributed by atoms with Gasteiger partial charge in [-0.3, -0.25) is 0 Å². The number of carbonyl (C=O) groups excluding carboxylic acids is 1. The van der Waals surface area contributed by atoms with Crippen LogP contribution in [-0.2, 0) is 11.3 Å². The molecule has 3 rings (SSSR count). The van der Waals surface area contributed by atoms with Gasteiger partial charge < -0.3 is 24.2 Å². The molecule has 0 saturated carbocycles. The second kappa shape index (κ2) is 7.98. The van der Waals surface area contributed by atoms with Crippen LogP contribution in [0, 0.1) is 0 Å². The van der Waals surface area contributed by atoms with Crippen molar-refractivity contribution in [2.24, 2.45) is 0 Å². The molecular weight excluding hydrogens is 324 g/mol. The molecule has 8 heteroatoms. The molecule has 1 fully saturated rings. The second-order valence-corrected chi connectivity index (χ2v) is 5.85. The zero-order valence-electron chi connectivity index (χ0n) is 14.4. The van der Waals surface area contributed by atoms with Gasteiger partial charge in [-0.15, -0.1) is 0 Å². The summed E-state index contributed by atoms with van der Waals surface area (Å²) in [5, 5.41) is 6.77. The van der Waals surface area contributed by atoms with Crippen LogP contribution in [0.5, 0.6) is 5.75 Å². The molecule has 1 N–H and O–H groups in total. The van der Waals surface area contributed by atoms with Crippen LogP contribution in [0.15, 0.2) is 28.8 Å². The third-order valence-electron chi connectivity index (χ3n) is 3.81. The number of amides is 2. The van der Waals surface area contributed by atoms with Crippen LogP contribution in [0.1, 0.15) is 19.2 Å². The smallest absolute Gasteiger partial charge is 0.317 e. The number of rotatable bonds is 7. The molecule has 1 saturated heterocycles. The Morgan fingerprint density at radius 1 is 1.36 bits per heavy atom. The van der Waals surface area contributed by atoms with Crippen molar-refractivity contribution >= 4 is 6.03 Å². The van der Waals surface area contributed by atoms with Crippen molar-refractivity contribution in [3.05, 3.63) is 30.2 Å². The standard InChI is InChI=1S/C17H22N4O4/c1-3-8-18-17(22)21-9-14(10-21)24-13-6-4-12(5-7-13)16-19-15(11-23-2)25-20-16/h4-7,14H,3,8-11H2,1-2H3,(H,18,22). The summed E-state index contributed by atoms with van der Waals surface area (Å²) in [5.41, 5.74) is 0.840. The molecule has 1 aliphatic heterocycles. The van der Waals surface area contributed by atoms with Gasteiger partial charge in [-0.05, 0) is 30.7 Å². The number of hydrogen-bond donors (Lipinski definition) is 1. The van der Waals surface area contributed by atoms with Crippen LogP contribution in [-0.4, -0.2) is 53.9 Å². The highest BCUT2D eigenvalue weighted by Crippen LogP contribution is 2.23. The lowest BCUT2D eigenvalue weighted by Crippen LogP contribution is -2.58. The molecule has 2 heterocycles. The Morgan fingerprint density at radius 2 is 2.12 bits per heavy atom. The number of nitrogens with zero attached hydrogens (tertiary/aromatic N) is 3. The lowest BCUT2D eigenvalue weighted by molar-refractivity contribution is 0.0445. The fourth-order valence-electron chi connectivity index (χ4n) is 2.45. The number of nitrogens with one attached hydrogen (secondary N) is 1. The van der Waals surface area contributed by atoms with Crippen molar-refractivity contribution in [1.29, 1.82) is 0 Å². The summed E-state index contributed by atoms with van der Waals surface area (Å²) in [7, 11) is 1.57. The van der Waals surface area contributed by atoms with Crippen molar-refractivity contribution in [1.82, 2.24) is 20.4 Å². The minimum atomic E-state index is -0.0268. The Morgan fingerprint density at radius 3 is 2.80 bits per heavy atom. The van der Waals surface area contributed by atoms with Crippen molar-refractivity contribution < 1.29 is 18.8 Å². The number of hydrogen-bond acceptors (Lipinski definition) is 6. The number of likely N-dealkylation sites (tertiary alicyclic amines) is 1. The molecule has 0 bridgehead atoms. The lowest BCUT2D eigenvalue weighted by atomic mass is 10.1. The number of urea groups is 1. The highest BCUT2D eigenvalue weighted by molar-refractivity contribution is 5.75. The zero-order valence-corrected chi connectivity index (χ0v) is 14.4. The summed E-state index contributed by atoms with van der Waals surface area (Å²) >= 11 is 0. The van der Waals surface area contributed by atoms with Crippen LogP contribution in [0.3, 0.4) is 0 Å². The van der Waals surface area contributed by atoms with Gasteiger partial charge >= 0.3 is 6.03 Å². The fraction of sp³-hybridized carbons (Fsp3) is 0.471. The molecule has 134 valence electrons. The van der Waals surface area contributed by atoms with Gasteiger partial charge in [-0.1, -0.05) is 12.1 Å². The van der Waals surface area contributed by atoms with Crippen LogP contribution in [0.4, 0.5) is 4.79 Å². The minimum Gasteiger partial charge on any atom is -0.487 e. The summed E-state index contributed by atoms with van der Waals surface area (Å²) < 4.78 is 15.9. The fourth-order valence-corrected chi connectivity index (χ4v) is 2.45. The number of ether oxygens (including phenoxy) is 2. The monoisotopic (exact) mass is 346 g/mol. The van der Waals surface area contributed by atoms with E-state index in [9.17, 15) is 4.79 Å². The van der Waals surface area contributed by atoms with Crippen molar-refractivity contribution in [3.8, 4) is 17.1 Å². The van der Waals surface area contributed by atoms with Crippen molar-refractivity contribution in [2.45, 2.75) is 26.1 Å². The van der Waals surface area contributed by atoms with Crippen LogP contribution in [0.2, 0.25) is 0 Å². The first kappa shape index (κ1) is 17.2. The van der Waals surface area contributed by atoms with Gasteiger partial charge in [0.1, 0.15) is 18.5 Å². The number of aromatic nitrogens is 2. The van der Waals surface area contributed by atoms with Crippen molar-refractivity contribution in [2.75, 3.05) is 26.7 Å². The molecule has 0 atom stereocenters. The van der Waals surface area contributed by atoms with Crippen molar-refractivity contribution in [3.63, 3.8) is 0 Å². The molecule has 8 nitrogen and oxygen atoms in total. The maximum atomic E-state index is 11.8. The molecule has 1 aromatic heterocycles. The van der Waals surface area contributed by atoms with E-state index >= 15 is 0 Å². The van der Waals surface area contributed by atoms with E-state index in [1.807, 2.05) is 31.2 Å². The van der Waals surface area contributed by atoms with Crippen LogP contribution < -0.4 is 10.1 Å². The van der Waals surface area contributed by atoms with Gasteiger partial charge in [0.25, 0.3) is 5.89 Å². The molecule has 1 aliphatic rings. The van der Waals surface area contributed by atoms with E-state index in [-0.39, 0.29) is 18.7 Å². The average molecular weight is 346 g/mol. The second-order valence-electron chi connectivity index (χ2n) is 5.85. The predicted molar refractivity (Wildman–Crippen MR) is 90.1 cm³/mol. The molecule has 1 aromatic carbocycles. The Kier molecular flexibility index (Phi) is 5.49. The van der Waals surface area contributed by atoms with Gasteiger partial charge in [0.15, 0.2) is 0 Å². The quantitative estimate of drug-likeness (QED) is 0.825. The summed E-state index contributed by atoms with van der Waals surface area (Å²) in [6.45, 7) is 4.21. The van der Waals surface area contributed by atoms with Gasteiger partial charge in [-0.25, -0.2) is 4.79 Å². The average Bonchev–Trinajstić information content (AvgIpc) is 3.05. The van der Waals surface area contributed by atoms with Gasteiger partial charge in [-0.2, -0.15) is 4.98 Å². The molecule has 0 spiro atoms. The summed E-state index contributed by atoms with van der Waals surface area (Å²) in [5.74, 6) is 1.71. The summed E-state index contributed by atoms with van der Waals surface area (Å²) in [4.78, 5) is 17.7. The first-order chi connectivity index (χ1) is 12.2. The Hall–Kier alpha value is -2.61. The zero-order chi connectivity index (χ0) is 17.6. The predicted octanol–water partition coefficient (Wildman–Crippen LogP) is 2.07. The SMILES string of the molecule is CCCNC(=O)N1CC(Oc2ccc(-c3noc(COC)n3)cc2)C1. The van der Waals surface area contributed by atoms with E-state index < -0.39 is 0 Å². The van der Waals surface area contributed by atoms with Gasteiger partial charge in [0.05, 0.1) is 13.1 Å². The maximum absolute atomic E-state index is 11.8. The Bertz CT molecular complexity index is 695. The third-order valence-corrected chi connectivity index (χ3v) is 3.81. The Labute approximate surface area is 146 Å². The topological polar surface area (TPSA) is 89.7 Å². The molecule has 0 radical (unpaired) electrons. The molecule has 25 heavy (non-hydrogen) atoms. The molecule has 0 unspecified atom stereocenters. The van der Waals surface area contributed by atoms with Crippen LogP contribution >= 0.6 is 0 Å². The molecule has 0 aliphatic carbocycles. The molecular formula is C17H22N4O4. The van der Waals surface area contributed by atoms with E-state index in [1.165, 1.54) is 0 Å². The normalized spacial score (nSPS) is 14.2. The van der Waals surface area contributed by atoms with E-state index in [0.717, 1.165) is 17.7 Å². The van der Waals surface area contributed by atoms with Crippen LogP contribution in [0.25, 0.3) is 11.4 Å². The summed E-state index contributed by atoms with van der Waals surface area (Å²) in [6.07, 6.45) is 0.954. The van der Waals surface area contributed by atoms with Gasteiger partial charge in [0, 0.05) is 19.2 Å². The first-order valence-corrected chi connectivity index (χ1v) is 8.31. The van der Waals surface area contributed by atoms with E-state index in [0.29, 0.717) is 31.3 Å². The van der Waals surface area contributed by atoms with Gasteiger partial charge in [0.2, 0.25) is 5.82 Å². The highest BCUT2D eigenvalue weighted by atomic mass is 16.5. The van der Waals surface area contributed by atoms with E-state index in [2.05, 4.69) is 15.5 Å².